The molecule has 106 valence electrons. The van der Waals surface area contributed by atoms with Crippen molar-refractivity contribution in [2.24, 2.45) is 23.5 Å². The predicted octanol–water partition coefficient (Wildman–Crippen LogP) is 2.43. The van der Waals surface area contributed by atoms with Gasteiger partial charge in [-0.1, -0.05) is 6.42 Å². The zero-order valence-corrected chi connectivity index (χ0v) is 12.6. The van der Waals surface area contributed by atoms with Gasteiger partial charge in [-0.05, 0) is 51.4 Å². The molecule has 2 atom stereocenters. The molecule has 0 heterocycles. The summed E-state index contributed by atoms with van der Waals surface area (Å²) in [5, 5.41) is 0. The van der Waals surface area contributed by atoms with Crippen LogP contribution in [0.15, 0.2) is 0 Å². The molecule has 2 bridgehead atoms. The first-order valence-electron chi connectivity index (χ1n) is 7.03. The van der Waals surface area contributed by atoms with E-state index >= 15 is 0 Å². The SMILES string of the molecule is CC(C)N(C)C(=O)C1CC2CCCC(C1)C2N.Cl. The molecular formula is C14H27ClN2O. The molecule has 0 saturated heterocycles. The molecule has 4 heteroatoms. The molecule has 2 N–H and O–H groups in total. The molecular weight excluding hydrogens is 248 g/mol. The second kappa shape index (κ2) is 6.25. The maximum atomic E-state index is 12.4. The molecule has 2 unspecified atom stereocenters. The molecule has 0 aromatic carbocycles. The highest BCUT2D eigenvalue weighted by Crippen LogP contribution is 2.42. The lowest BCUT2D eigenvalue weighted by atomic mass is 9.65. The molecule has 2 saturated carbocycles. The van der Waals surface area contributed by atoms with Gasteiger partial charge in [0.1, 0.15) is 0 Å². The number of carbonyl (C=O) groups excluding carboxylic acids is 1. The van der Waals surface area contributed by atoms with Gasteiger partial charge >= 0.3 is 0 Å². The first-order valence-corrected chi connectivity index (χ1v) is 7.03. The van der Waals surface area contributed by atoms with Crippen molar-refractivity contribution in [3.05, 3.63) is 0 Å². The highest BCUT2D eigenvalue weighted by Gasteiger charge is 2.41. The van der Waals surface area contributed by atoms with Gasteiger partial charge in [-0.2, -0.15) is 0 Å². The van der Waals surface area contributed by atoms with E-state index in [0.29, 0.717) is 29.8 Å². The molecule has 0 aliphatic heterocycles. The Kier molecular flexibility index (Phi) is 5.47. The van der Waals surface area contributed by atoms with Crippen molar-refractivity contribution in [1.82, 2.24) is 4.90 Å². The van der Waals surface area contributed by atoms with Gasteiger partial charge < -0.3 is 10.6 Å². The zero-order valence-electron chi connectivity index (χ0n) is 11.8. The monoisotopic (exact) mass is 274 g/mol. The summed E-state index contributed by atoms with van der Waals surface area (Å²) >= 11 is 0. The van der Waals surface area contributed by atoms with Crippen molar-refractivity contribution in [1.29, 1.82) is 0 Å². The van der Waals surface area contributed by atoms with Crippen molar-refractivity contribution < 1.29 is 4.79 Å². The maximum absolute atomic E-state index is 12.4. The summed E-state index contributed by atoms with van der Waals surface area (Å²) in [4.78, 5) is 14.3. The lowest BCUT2D eigenvalue weighted by Crippen LogP contribution is -2.50. The van der Waals surface area contributed by atoms with Gasteiger partial charge in [0.15, 0.2) is 0 Å². The number of halogens is 1. The third kappa shape index (κ3) is 3.00. The Balaban J connectivity index is 0.00000162. The highest BCUT2D eigenvalue weighted by atomic mass is 35.5. The minimum atomic E-state index is 0. The van der Waals surface area contributed by atoms with E-state index in [1.165, 1.54) is 19.3 Å². The third-order valence-electron chi connectivity index (χ3n) is 4.88. The minimum absolute atomic E-state index is 0. The Bertz CT molecular complexity index is 282. The summed E-state index contributed by atoms with van der Waals surface area (Å²) in [7, 11) is 1.93. The van der Waals surface area contributed by atoms with E-state index in [1.54, 1.807) is 0 Å². The number of hydrogen-bond acceptors (Lipinski definition) is 2. The van der Waals surface area contributed by atoms with E-state index in [0.717, 1.165) is 12.8 Å². The first kappa shape index (κ1) is 15.8. The standard InChI is InChI=1S/C14H26N2O.ClH/c1-9(2)16(3)14(17)12-7-10-5-4-6-11(8-12)13(10)15;/h9-13H,4-8,15H2,1-3H3;1H. The Morgan fingerprint density at radius 1 is 1.22 bits per heavy atom. The molecule has 0 aromatic rings. The van der Waals surface area contributed by atoms with Crippen molar-refractivity contribution in [2.45, 2.75) is 58.0 Å². The summed E-state index contributed by atoms with van der Waals surface area (Å²) in [6.45, 7) is 4.15. The highest BCUT2D eigenvalue weighted by molar-refractivity contribution is 5.85. The number of amides is 1. The van der Waals surface area contributed by atoms with E-state index in [-0.39, 0.29) is 18.3 Å². The van der Waals surface area contributed by atoms with Gasteiger partial charge in [0.2, 0.25) is 5.91 Å². The Hall–Kier alpha value is -0.280. The fourth-order valence-electron chi connectivity index (χ4n) is 3.53. The normalized spacial score (nSPS) is 34.9. The van der Waals surface area contributed by atoms with Crippen LogP contribution in [-0.4, -0.2) is 29.9 Å². The van der Waals surface area contributed by atoms with Crippen LogP contribution in [0.4, 0.5) is 0 Å². The van der Waals surface area contributed by atoms with Crippen LogP contribution in [-0.2, 0) is 4.79 Å². The van der Waals surface area contributed by atoms with Crippen LogP contribution in [0, 0.1) is 17.8 Å². The summed E-state index contributed by atoms with van der Waals surface area (Å²) in [6, 6.07) is 0.662. The number of nitrogens with two attached hydrogens (primary N) is 1. The minimum Gasteiger partial charge on any atom is -0.343 e. The summed E-state index contributed by atoms with van der Waals surface area (Å²) in [6.07, 6.45) is 5.81. The summed E-state index contributed by atoms with van der Waals surface area (Å²) in [5.74, 6) is 1.76. The average molecular weight is 275 g/mol. The molecule has 3 nitrogen and oxygen atoms in total. The fourth-order valence-corrected chi connectivity index (χ4v) is 3.53. The lowest BCUT2D eigenvalue weighted by molar-refractivity contribution is -0.138. The van der Waals surface area contributed by atoms with Gasteiger partial charge in [-0.25, -0.2) is 0 Å². The van der Waals surface area contributed by atoms with Crippen LogP contribution in [0.25, 0.3) is 0 Å². The van der Waals surface area contributed by atoms with E-state index in [2.05, 4.69) is 13.8 Å². The predicted molar refractivity (Wildman–Crippen MR) is 76.7 cm³/mol. The number of rotatable bonds is 2. The van der Waals surface area contributed by atoms with Crippen LogP contribution in [0.1, 0.15) is 46.0 Å². The van der Waals surface area contributed by atoms with E-state index < -0.39 is 0 Å². The van der Waals surface area contributed by atoms with E-state index in [1.807, 2.05) is 11.9 Å². The fraction of sp³-hybridized carbons (Fsp3) is 0.929. The van der Waals surface area contributed by atoms with Crippen LogP contribution in [0.5, 0.6) is 0 Å². The quantitative estimate of drug-likeness (QED) is 0.841. The Morgan fingerprint density at radius 2 is 1.72 bits per heavy atom. The molecule has 2 fully saturated rings. The van der Waals surface area contributed by atoms with E-state index in [9.17, 15) is 4.79 Å². The zero-order chi connectivity index (χ0) is 12.6. The average Bonchev–Trinajstić information content (AvgIpc) is 2.26. The molecule has 0 radical (unpaired) electrons. The maximum Gasteiger partial charge on any atom is 0.225 e. The van der Waals surface area contributed by atoms with Crippen LogP contribution < -0.4 is 5.73 Å². The largest absolute Gasteiger partial charge is 0.343 e. The van der Waals surface area contributed by atoms with Crippen molar-refractivity contribution in [3.8, 4) is 0 Å². The molecule has 2 rings (SSSR count). The molecule has 18 heavy (non-hydrogen) atoms. The Labute approximate surface area is 117 Å². The number of hydrogen-bond donors (Lipinski definition) is 1. The Morgan fingerprint density at radius 3 is 2.17 bits per heavy atom. The summed E-state index contributed by atoms with van der Waals surface area (Å²) < 4.78 is 0. The summed E-state index contributed by atoms with van der Waals surface area (Å²) in [5.41, 5.74) is 6.26. The smallest absolute Gasteiger partial charge is 0.225 e. The molecule has 0 spiro atoms. The van der Waals surface area contributed by atoms with Gasteiger partial charge in [0, 0.05) is 25.0 Å². The van der Waals surface area contributed by atoms with Crippen molar-refractivity contribution in [2.75, 3.05) is 7.05 Å². The van der Waals surface area contributed by atoms with Crippen molar-refractivity contribution >= 4 is 18.3 Å². The number of carbonyl (C=O) groups is 1. The van der Waals surface area contributed by atoms with Gasteiger partial charge in [-0.15, -0.1) is 12.4 Å². The molecule has 0 aromatic heterocycles. The van der Waals surface area contributed by atoms with Gasteiger partial charge in [0.25, 0.3) is 0 Å². The van der Waals surface area contributed by atoms with Crippen LogP contribution >= 0.6 is 12.4 Å². The van der Waals surface area contributed by atoms with Crippen molar-refractivity contribution in [3.63, 3.8) is 0 Å². The van der Waals surface area contributed by atoms with Gasteiger partial charge in [-0.3, -0.25) is 4.79 Å². The van der Waals surface area contributed by atoms with Gasteiger partial charge in [0.05, 0.1) is 0 Å². The molecule has 2 aliphatic carbocycles. The molecule has 1 amide bonds. The molecule has 2 aliphatic rings. The number of nitrogens with zero attached hydrogens (tertiary/aromatic N) is 1. The lowest BCUT2D eigenvalue weighted by Gasteiger charge is -2.44. The van der Waals surface area contributed by atoms with Crippen LogP contribution in [0.3, 0.4) is 0 Å². The first-order chi connectivity index (χ1) is 8.00. The van der Waals surface area contributed by atoms with E-state index in [4.69, 9.17) is 5.73 Å². The van der Waals surface area contributed by atoms with Crippen LogP contribution in [0.2, 0.25) is 0 Å². The third-order valence-corrected chi connectivity index (χ3v) is 4.88. The topological polar surface area (TPSA) is 46.3 Å². The second-order valence-corrected chi connectivity index (χ2v) is 6.24. The number of fused-ring (bicyclic) bond motifs is 2. The second-order valence-electron chi connectivity index (χ2n) is 6.24.